The van der Waals surface area contributed by atoms with Gasteiger partial charge in [0.25, 0.3) is 0 Å². The first-order valence-corrected chi connectivity index (χ1v) is 8.11. The average molecular weight is 264 g/mol. The molecule has 0 aromatic rings. The minimum absolute atomic E-state index is 0.512. The van der Waals surface area contributed by atoms with Crippen LogP contribution in [0.5, 0.6) is 0 Å². The van der Waals surface area contributed by atoms with Crippen molar-refractivity contribution in [3.63, 3.8) is 0 Å². The Balaban J connectivity index is 3.13. The fourth-order valence-corrected chi connectivity index (χ4v) is 2.06. The van der Waals surface area contributed by atoms with E-state index in [2.05, 4.69) is 24.8 Å². The average Bonchev–Trinajstić information content (AvgIpc) is 2.39. The standard InChI is InChI=1S/C18H32O/c1-3-4-5-6-7-8-9-10-11-12-13-14-15-16-17-18(2)19/h14-15,18-19H,3-13H2,1-2H3/b15-14+/t18-/m0/s1. The zero-order valence-corrected chi connectivity index (χ0v) is 13.0. The van der Waals surface area contributed by atoms with Crippen LogP contribution in [0.2, 0.25) is 0 Å². The molecule has 110 valence electrons. The van der Waals surface area contributed by atoms with Gasteiger partial charge < -0.3 is 5.11 Å². The van der Waals surface area contributed by atoms with Crippen molar-refractivity contribution in [2.75, 3.05) is 0 Å². The van der Waals surface area contributed by atoms with Gasteiger partial charge in [0, 0.05) is 0 Å². The molecule has 0 aromatic carbocycles. The molecule has 1 heteroatoms. The maximum Gasteiger partial charge on any atom is 0.112 e. The second kappa shape index (κ2) is 15.3. The molecular weight excluding hydrogens is 232 g/mol. The summed E-state index contributed by atoms with van der Waals surface area (Å²) >= 11 is 0. The summed E-state index contributed by atoms with van der Waals surface area (Å²) in [5, 5.41) is 8.94. The van der Waals surface area contributed by atoms with E-state index in [4.69, 9.17) is 5.11 Å². The lowest BCUT2D eigenvalue weighted by atomic mass is 10.1. The summed E-state index contributed by atoms with van der Waals surface area (Å²) < 4.78 is 0. The Bertz CT molecular complexity index is 255. The number of rotatable bonds is 11. The van der Waals surface area contributed by atoms with Crippen LogP contribution in [0.25, 0.3) is 0 Å². The molecule has 0 saturated carbocycles. The van der Waals surface area contributed by atoms with Gasteiger partial charge in [0.15, 0.2) is 0 Å². The number of hydrogen-bond acceptors (Lipinski definition) is 1. The van der Waals surface area contributed by atoms with Gasteiger partial charge in [-0.05, 0) is 25.8 Å². The first-order chi connectivity index (χ1) is 9.27. The SMILES string of the molecule is CCCCCCCCCCCC/C=C/C#C[C@H](C)O. The van der Waals surface area contributed by atoms with Crippen LogP contribution >= 0.6 is 0 Å². The van der Waals surface area contributed by atoms with E-state index in [1.807, 2.05) is 6.08 Å². The van der Waals surface area contributed by atoms with E-state index in [0.29, 0.717) is 0 Å². The van der Waals surface area contributed by atoms with E-state index >= 15 is 0 Å². The van der Waals surface area contributed by atoms with Crippen molar-refractivity contribution in [1.82, 2.24) is 0 Å². The fraction of sp³-hybridized carbons (Fsp3) is 0.778. The highest BCUT2D eigenvalue weighted by atomic mass is 16.3. The van der Waals surface area contributed by atoms with Crippen molar-refractivity contribution >= 4 is 0 Å². The molecule has 0 fully saturated rings. The van der Waals surface area contributed by atoms with Crippen LogP contribution in [0.4, 0.5) is 0 Å². The minimum Gasteiger partial charge on any atom is -0.381 e. The van der Waals surface area contributed by atoms with Crippen LogP contribution in [0.15, 0.2) is 12.2 Å². The molecule has 0 amide bonds. The Labute approximate surface area is 120 Å². The highest BCUT2D eigenvalue weighted by Crippen LogP contribution is 2.11. The molecular formula is C18H32O. The number of hydrogen-bond donors (Lipinski definition) is 1. The molecule has 0 unspecified atom stereocenters. The normalized spacial score (nSPS) is 12.4. The number of aliphatic hydroxyl groups excluding tert-OH is 1. The van der Waals surface area contributed by atoms with Gasteiger partial charge in [-0.1, -0.05) is 82.6 Å². The second-order valence-electron chi connectivity index (χ2n) is 5.34. The van der Waals surface area contributed by atoms with Gasteiger partial charge in [-0.25, -0.2) is 0 Å². The van der Waals surface area contributed by atoms with Crippen LogP contribution in [0.3, 0.4) is 0 Å². The topological polar surface area (TPSA) is 20.2 Å². The maximum absolute atomic E-state index is 8.94. The quantitative estimate of drug-likeness (QED) is 0.400. The molecule has 0 aromatic heterocycles. The smallest absolute Gasteiger partial charge is 0.112 e. The molecule has 0 heterocycles. The number of aliphatic hydroxyl groups is 1. The predicted octanol–water partition coefficient (Wildman–Crippen LogP) is 5.24. The minimum atomic E-state index is -0.512. The summed E-state index contributed by atoms with van der Waals surface area (Å²) in [7, 11) is 0. The van der Waals surface area contributed by atoms with Crippen molar-refractivity contribution in [3.8, 4) is 11.8 Å². The Hall–Kier alpha value is -0.740. The summed E-state index contributed by atoms with van der Waals surface area (Å²) in [5.74, 6) is 5.54. The lowest BCUT2D eigenvalue weighted by Gasteiger charge is -2.01. The van der Waals surface area contributed by atoms with E-state index in [1.54, 1.807) is 6.92 Å². The lowest BCUT2D eigenvalue weighted by Crippen LogP contribution is -1.91. The first-order valence-electron chi connectivity index (χ1n) is 8.11. The van der Waals surface area contributed by atoms with Gasteiger partial charge in [-0.3, -0.25) is 0 Å². The van der Waals surface area contributed by atoms with Crippen molar-refractivity contribution < 1.29 is 5.11 Å². The lowest BCUT2D eigenvalue weighted by molar-refractivity contribution is 0.253. The summed E-state index contributed by atoms with van der Waals surface area (Å²) in [5.41, 5.74) is 0. The predicted molar refractivity (Wildman–Crippen MR) is 85.1 cm³/mol. The van der Waals surface area contributed by atoms with Gasteiger partial charge in [0.2, 0.25) is 0 Å². The Kier molecular flexibility index (Phi) is 14.7. The van der Waals surface area contributed by atoms with Crippen molar-refractivity contribution in [2.45, 2.75) is 90.6 Å². The zero-order chi connectivity index (χ0) is 14.2. The molecule has 1 atom stereocenters. The van der Waals surface area contributed by atoms with E-state index in [0.717, 1.165) is 6.42 Å². The van der Waals surface area contributed by atoms with E-state index < -0.39 is 6.10 Å². The Morgan fingerprint density at radius 1 is 0.895 bits per heavy atom. The highest BCUT2D eigenvalue weighted by molar-refractivity contribution is 5.16. The van der Waals surface area contributed by atoms with E-state index in [9.17, 15) is 0 Å². The summed E-state index contributed by atoms with van der Waals surface area (Å²) in [6.45, 7) is 3.95. The van der Waals surface area contributed by atoms with Gasteiger partial charge in [0.05, 0.1) is 0 Å². The maximum atomic E-state index is 8.94. The van der Waals surface area contributed by atoms with Crippen LogP contribution < -0.4 is 0 Å². The Morgan fingerprint density at radius 2 is 1.42 bits per heavy atom. The molecule has 0 radical (unpaired) electrons. The summed E-state index contributed by atoms with van der Waals surface area (Å²) in [6.07, 6.45) is 18.4. The van der Waals surface area contributed by atoms with Gasteiger partial charge in [-0.15, -0.1) is 0 Å². The van der Waals surface area contributed by atoms with Crippen molar-refractivity contribution in [1.29, 1.82) is 0 Å². The summed E-state index contributed by atoms with van der Waals surface area (Å²) in [4.78, 5) is 0. The fourth-order valence-electron chi connectivity index (χ4n) is 2.06. The summed E-state index contributed by atoms with van der Waals surface area (Å²) in [6, 6.07) is 0. The largest absolute Gasteiger partial charge is 0.381 e. The molecule has 0 aliphatic heterocycles. The third kappa shape index (κ3) is 17.3. The Morgan fingerprint density at radius 3 is 1.95 bits per heavy atom. The molecule has 0 aliphatic rings. The second-order valence-corrected chi connectivity index (χ2v) is 5.34. The van der Waals surface area contributed by atoms with Crippen molar-refractivity contribution in [3.05, 3.63) is 12.2 Å². The van der Waals surface area contributed by atoms with Crippen LogP contribution in [-0.2, 0) is 0 Å². The molecule has 0 saturated heterocycles. The number of allylic oxidation sites excluding steroid dienone is 2. The molecule has 0 rings (SSSR count). The van der Waals surface area contributed by atoms with E-state index in [-0.39, 0.29) is 0 Å². The molecule has 1 N–H and O–H groups in total. The molecule has 0 spiro atoms. The van der Waals surface area contributed by atoms with Crippen LogP contribution in [0.1, 0.15) is 84.5 Å². The van der Waals surface area contributed by atoms with Crippen molar-refractivity contribution in [2.24, 2.45) is 0 Å². The van der Waals surface area contributed by atoms with Gasteiger partial charge in [-0.2, -0.15) is 0 Å². The van der Waals surface area contributed by atoms with E-state index in [1.165, 1.54) is 64.2 Å². The first kappa shape index (κ1) is 18.3. The van der Waals surface area contributed by atoms with Crippen LogP contribution in [-0.4, -0.2) is 11.2 Å². The molecule has 1 nitrogen and oxygen atoms in total. The highest BCUT2D eigenvalue weighted by Gasteiger charge is 1.91. The third-order valence-electron chi connectivity index (χ3n) is 3.22. The third-order valence-corrected chi connectivity index (χ3v) is 3.22. The van der Waals surface area contributed by atoms with Crippen LogP contribution in [0, 0.1) is 11.8 Å². The number of unbranched alkanes of at least 4 members (excludes halogenated alkanes) is 10. The van der Waals surface area contributed by atoms with Gasteiger partial charge in [0.1, 0.15) is 6.10 Å². The van der Waals surface area contributed by atoms with Gasteiger partial charge >= 0.3 is 0 Å². The molecule has 0 aliphatic carbocycles. The zero-order valence-electron chi connectivity index (χ0n) is 13.0. The monoisotopic (exact) mass is 264 g/mol. The molecule has 19 heavy (non-hydrogen) atoms. The molecule has 0 bridgehead atoms.